The molecule has 0 spiro atoms. The second kappa shape index (κ2) is 16.8. The summed E-state index contributed by atoms with van der Waals surface area (Å²) in [5, 5.41) is 0. The van der Waals surface area contributed by atoms with E-state index < -0.39 is 20.2 Å². The van der Waals surface area contributed by atoms with Gasteiger partial charge in [0, 0.05) is 0 Å². The minimum absolute atomic E-state index is 1.36. The monoisotopic (exact) mass is 377 g/mol. The average Bonchev–Trinajstić information content (AvgIpc) is 2.44. The number of unbranched alkanes of at least 4 members (excludes halogenated alkanes) is 10. The average molecular weight is 376 g/mol. The van der Waals surface area contributed by atoms with Crippen molar-refractivity contribution in [1.29, 1.82) is 0 Å². The van der Waals surface area contributed by atoms with Crippen LogP contribution in [0.15, 0.2) is 0 Å². The Bertz CT molecular complexity index is 145. The molecule has 0 aliphatic rings. The third kappa shape index (κ3) is 15.0. The fourth-order valence-electron chi connectivity index (χ4n) is 2.53. The van der Waals surface area contributed by atoms with Gasteiger partial charge in [0.25, 0.3) is 0 Å². The van der Waals surface area contributed by atoms with Gasteiger partial charge in [-0.3, -0.25) is 0 Å². The van der Waals surface area contributed by atoms with E-state index in [1.165, 1.54) is 85.9 Å². The van der Waals surface area contributed by atoms with E-state index in [4.69, 9.17) is 3.07 Å². The van der Waals surface area contributed by atoms with Gasteiger partial charge in [-0.1, -0.05) is 0 Å². The second-order valence-corrected chi connectivity index (χ2v) is 12.9. The van der Waals surface area contributed by atoms with Crippen LogP contribution in [-0.2, 0) is 3.07 Å². The molecular weight excluding hydrogens is 339 g/mol. The van der Waals surface area contributed by atoms with Gasteiger partial charge in [0.2, 0.25) is 0 Å². The molecule has 0 fully saturated rings. The quantitative estimate of drug-likeness (QED) is 0.239. The van der Waals surface area contributed by atoms with Crippen LogP contribution in [0.3, 0.4) is 0 Å². The molecule has 0 atom stereocenters. The summed E-state index contributed by atoms with van der Waals surface area (Å²) in [7, 11) is 1.98. The van der Waals surface area contributed by atoms with Gasteiger partial charge in [-0.25, -0.2) is 0 Å². The van der Waals surface area contributed by atoms with E-state index in [1.807, 2.05) is 7.11 Å². The molecule has 0 rings (SSSR count). The first-order valence-corrected chi connectivity index (χ1v) is 13.9. The Morgan fingerprint density at radius 2 is 0.947 bits per heavy atom. The van der Waals surface area contributed by atoms with Crippen molar-refractivity contribution in [3.8, 4) is 0 Å². The van der Waals surface area contributed by atoms with Crippen molar-refractivity contribution in [2.75, 3.05) is 7.11 Å². The van der Waals surface area contributed by atoms with Crippen LogP contribution in [0.4, 0.5) is 0 Å². The molecule has 1 radical (unpaired) electrons. The Morgan fingerprint density at radius 1 is 0.579 bits per heavy atom. The summed E-state index contributed by atoms with van der Waals surface area (Å²) in [5.41, 5.74) is 0. The van der Waals surface area contributed by atoms with E-state index in [0.29, 0.717) is 0 Å². The van der Waals surface area contributed by atoms with Gasteiger partial charge in [0.05, 0.1) is 0 Å². The van der Waals surface area contributed by atoms with E-state index >= 15 is 0 Å². The van der Waals surface area contributed by atoms with E-state index in [9.17, 15) is 0 Å². The Balaban J connectivity index is 3.30. The summed E-state index contributed by atoms with van der Waals surface area (Å²) in [4.78, 5) is 0. The molecule has 19 heavy (non-hydrogen) atoms. The summed E-state index contributed by atoms with van der Waals surface area (Å²) in [6, 6.07) is 0. The van der Waals surface area contributed by atoms with Crippen LogP contribution in [0, 0.1) is 0 Å². The molecule has 0 saturated heterocycles. The Kier molecular flexibility index (Phi) is 17.5. The molecule has 0 unspecified atom stereocenters. The van der Waals surface area contributed by atoms with Crippen LogP contribution in [-0.4, -0.2) is 27.3 Å². The third-order valence-electron chi connectivity index (χ3n) is 3.91. The maximum atomic E-state index is 5.80. The molecule has 0 aliphatic carbocycles. The first-order valence-electron chi connectivity index (χ1n) is 8.73. The first-order chi connectivity index (χ1) is 9.35. The van der Waals surface area contributed by atoms with E-state index in [0.717, 1.165) is 0 Å². The molecule has 0 aromatic rings. The summed E-state index contributed by atoms with van der Waals surface area (Å²) in [5.74, 6) is 0. The van der Waals surface area contributed by atoms with E-state index in [1.54, 1.807) is 0 Å². The van der Waals surface area contributed by atoms with Gasteiger partial charge in [-0.05, 0) is 0 Å². The molecular formula is C17H37OSn. The maximum absolute atomic E-state index is 5.80. The van der Waals surface area contributed by atoms with Crippen LogP contribution < -0.4 is 0 Å². The Labute approximate surface area is 130 Å². The van der Waals surface area contributed by atoms with Gasteiger partial charge >= 0.3 is 130 Å². The van der Waals surface area contributed by atoms with Crippen molar-refractivity contribution in [3.05, 3.63) is 0 Å². The van der Waals surface area contributed by atoms with Gasteiger partial charge in [0.15, 0.2) is 0 Å². The topological polar surface area (TPSA) is 9.23 Å². The minimum atomic E-state index is -1.39. The molecule has 0 heterocycles. The molecule has 0 amide bonds. The normalized spacial score (nSPS) is 11.4. The molecule has 0 aromatic carbocycles. The molecule has 0 aromatic heterocycles. The summed E-state index contributed by atoms with van der Waals surface area (Å²) < 4.78 is 8.75. The van der Waals surface area contributed by atoms with Crippen molar-refractivity contribution in [1.82, 2.24) is 0 Å². The number of hydrogen-bond donors (Lipinski definition) is 0. The van der Waals surface area contributed by atoms with Crippen molar-refractivity contribution in [3.63, 3.8) is 0 Å². The zero-order valence-corrected chi connectivity index (χ0v) is 16.7. The fourth-order valence-corrected chi connectivity index (χ4v) is 8.09. The van der Waals surface area contributed by atoms with Crippen LogP contribution in [0.2, 0.25) is 8.87 Å². The van der Waals surface area contributed by atoms with Crippen LogP contribution in [0.5, 0.6) is 0 Å². The SMILES string of the molecule is CCCCCCC[CH2][Sn]([CH2]CCCCCCC)[O]C. The summed E-state index contributed by atoms with van der Waals surface area (Å²) in [6.45, 7) is 4.58. The van der Waals surface area contributed by atoms with Gasteiger partial charge in [-0.15, -0.1) is 0 Å². The number of rotatable bonds is 15. The van der Waals surface area contributed by atoms with Crippen molar-refractivity contribution >= 4 is 20.2 Å². The Hall–Kier alpha value is 0.759. The van der Waals surface area contributed by atoms with Crippen molar-refractivity contribution < 1.29 is 3.07 Å². The molecule has 115 valence electrons. The van der Waals surface area contributed by atoms with Crippen molar-refractivity contribution in [2.24, 2.45) is 0 Å². The van der Waals surface area contributed by atoms with E-state index in [2.05, 4.69) is 13.8 Å². The molecule has 0 aliphatic heterocycles. The number of hydrogen-bond acceptors (Lipinski definition) is 1. The summed E-state index contributed by atoms with van der Waals surface area (Å²) >= 11 is -1.39. The van der Waals surface area contributed by atoms with Gasteiger partial charge < -0.3 is 0 Å². The second-order valence-electron chi connectivity index (χ2n) is 5.78. The molecule has 0 saturated carbocycles. The predicted octanol–water partition coefficient (Wildman–Crippen LogP) is 6.35. The van der Waals surface area contributed by atoms with Crippen LogP contribution in [0.1, 0.15) is 90.9 Å². The Morgan fingerprint density at radius 3 is 1.32 bits per heavy atom. The van der Waals surface area contributed by atoms with Crippen molar-refractivity contribution in [2.45, 2.75) is 99.8 Å². The fraction of sp³-hybridized carbons (Fsp3) is 1.00. The zero-order chi connectivity index (χ0) is 14.2. The zero-order valence-electron chi connectivity index (χ0n) is 13.8. The molecule has 2 heteroatoms. The van der Waals surface area contributed by atoms with Gasteiger partial charge in [-0.2, -0.15) is 0 Å². The third-order valence-corrected chi connectivity index (χ3v) is 10.8. The van der Waals surface area contributed by atoms with Gasteiger partial charge in [0.1, 0.15) is 0 Å². The van der Waals surface area contributed by atoms with E-state index in [-0.39, 0.29) is 0 Å². The standard InChI is InChI=1S/2C8H17.CH3O.Sn/c2*1-3-5-7-8-6-4-2;1-2;/h2*1,3-8H2,2H3;1H3;/q;;-1;+1. The predicted molar refractivity (Wildman–Crippen MR) is 89.1 cm³/mol. The first kappa shape index (κ1) is 19.8. The molecule has 0 bridgehead atoms. The van der Waals surface area contributed by atoms with Crippen LogP contribution in [0.25, 0.3) is 0 Å². The van der Waals surface area contributed by atoms with Crippen LogP contribution >= 0.6 is 0 Å². The molecule has 0 N–H and O–H groups in total. The summed E-state index contributed by atoms with van der Waals surface area (Å²) in [6.07, 6.45) is 17.1. The molecule has 1 nitrogen and oxygen atoms in total.